The van der Waals surface area contributed by atoms with Crippen molar-refractivity contribution in [1.29, 1.82) is 0 Å². The molecule has 0 aliphatic rings. The number of H-pyrrole nitrogens is 1. The third kappa shape index (κ3) is 2.48. The van der Waals surface area contributed by atoms with Gasteiger partial charge in [0.2, 0.25) is 0 Å². The number of nitrogens with one attached hydrogen (secondary N) is 2. The normalized spacial score (nSPS) is 10.2. The van der Waals surface area contributed by atoms with E-state index in [1.807, 2.05) is 0 Å². The van der Waals surface area contributed by atoms with Crippen molar-refractivity contribution < 1.29 is 14.7 Å². The van der Waals surface area contributed by atoms with E-state index in [9.17, 15) is 9.59 Å². The fourth-order valence-corrected chi connectivity index (χ4v) is 1.74. The van der Waals surface area contributed by atoms with Crippen molar-refractivity contribution in [2.75, 3.05) is 5.32 Å². The van der Waals surface area contributed by atoms with Crippen LogP contribution in [0.25, 0.3) is 0 Å². The number of carboxylic acid groups (broad SMARTS) is 1. The summed E-state index contributed by atoms with van der Waals surface area (Å²) in [5, 5.41) is 19.4. The SMILES string of the molecule is Cc1nc(C(=O)Nc2cc(C(=O)O)[nH]n2)cs1. The highest BCUT2D eigenvalue weighted by Crippen LogP contribution is 2.11. The van der Waals surface area contributed by atoms with Gasteiger partial charge >= 0.3 is 5.97 Å². The summed E-state index contributed by atoms with van der Waals surface area (Å²) in [5.41, 5.74) is 0.196. The molecule has 0 unspecified atom stereocenters. The summed E-state index contributed by atoms with van der Waals surface area (Å²) in [5.74, 6) is -1.40. The Kier molecular flexibility index (Phi) is 2.88. The van der Waals surface area contributed by atoms with Crippen LogP contribution in [0.15, 0.2) is 11.4 Å². The molecular formula is C9H8N4O3S. The Bertz CT molecular complexity index is 574. The Morgan fingerprint density at radius 2 is 2.29 bits per heavy atom. The second kappa shape index (κ2) is 4.34. The third-order valence-corrected chi connectivity index (χ3v) is 2.68. The van der Waals surface area contributed by atoms with E-state index in [0.717, 1.165) is 5.01 Å². The number of nitrogens with zero attached hydrogens (tertiary/aromatic N) is 2. The molecule has 0 aliphatic heterocycles. The number of anilines is 1. The first kappa shape index (κ1) is 11.3. The van der Waals surface area contributed by atoms with E-state index in [2.05, 4.69) is 20.5 Å². The predicted molar refractivity (Wildman–Crippen MR) is 60.4 cm³/mol. The van der Waals surface area contributed by atoms with E-state index in [1.165, 1.54) is 17.4 Å². The Morgan fingerprint density at radius 1 is 1.53 bits per heavy atom. The standard InChI is InChI=1S/C9H8N4O3S/c1-4-10-6(3-17-4)8(14)11-7-2-5(9(15)16)12-13-7/h2-3H,1H3,(H,15,16)(H2,11,12,13,14). The molecule has 17 heavy (non-hydrogen) atoms. The zero-order valence-electron chi connectivity index (χ0n) is 8.72. The summed E-state index contributed by atoms with van der Waals surface area (Å²) in [6, 6.07) is 1.24. The van der Waals surface area contributed by atoms with Gasteiger partial charge in [-0.05, 0) is 6.92 Å². The van der Waals surface area contributed by atoms with Crippen molar-refractivity contribution >= 4 is 29.0 Å². The monoisotopic (exact) mass is 252 g/mol. The van der Waals surface area contributed by atoms with Crippen LogP contribution in [0.3, 0.4) is 0 Å². The van der Waals surface area contributed by atoms with Crippen LogP contribution in [0.2, 0.25) is 0 Å². The number of carboxylic acids is 1. The van der Waals surface area contributed by atoms with Gasteiger partial charge in [-0.3, -0.25) is 9.89 Å². The maximum absolute atomic E-state index is 11.6. The molecule has 88 valence electrons. The average molecular weight is 252 g/mol. The fraction of sp³-hybridized carbons (Fsp3) is 0.111. The van der Waals surface area contributed by atoms with E-state index < -0.39 is 11.9 Å². The minimum atomic E-state index is -1.14. The number of carbonyl (C=O) groups is 2. The molecule has 2 aromatic rings. The molecule has 2 rings (SSSR count). The number of thiazole rings is 1. The molecule has 2 aromatic heterocycles. The number of hydrogen-bond donors (Lipinski definition) is 3. The van der Waals surface area contributed by atoms with Gasteiger partial charge in [-0.15, -0.1) is 11.3 Å². The summed E-state index contributed by atoms with van der Waals surface area (Å²) >= 11 is 1.36. The van der Waals surface area contributed by atoms with Crippen molar-refractivity contribution in [2.45, 2.75) is 6.92 Å². The molecule has 0 bridgehead atoms. The molecule has 0 radical (unpaired) electrons. The number of amides is 1. The van der Waals surface area contributed by atoms with Gasteiger partial charge in [0.1, 0.15) is 11.4 Å². The predicted octanol–water partition coefficient (Wildman–Crippen LogP) is 1.13. The smallest absolute Gasteiger partial charge is 0.353 e. The number of carbonyl (C=O) groups excluding carboxylic acids is 1. The van der Waals surface area contributed by atoms with Crippen molar-refractivity contribution in [1.82, 2.24) is 15.2 Å². The molecule has 3 N–H and O–H groups in total. The van der Waals surface area contributed by atoms with Gasteiger partial charge in [0, 0.05) is 11.4 Å². The minimum Gasteiger partial charge on any atom is -0.477 e. The quantitative estimate of drug-likeness (QED) is 0.758. The van der Waals surface area contributed by atoms with E-state index in [1.54, 1.807) is 12.3 Å². The molecule has 0 spiro atoms. The minimum absolute atomic E-state index is 0.0882. The molecular weight excluding hydrogens is 244 g/mol. The molecule has 0 fully saturated rings. The van der Waals surface area contributed by atoms with Gasteiger partial charge in [-0.1, -0.05) is 0 Å². The lowest BCUT2D eigenvalue weighted by atomic mass is 10.4. The van der Waals surface area contributed by atoms with Crippen LogP contribution >= 0.6 is 11.3 Å². The van der Waals surface area contributed by atoms with Crippen LogP contribution < -0.4 is 5.32 Å². The second-order valence-corrected chi connectivity index (χ2v) is 4.24. The molecule has 2 heterocycles. The number of aryl methyl sites for hydroxylation is 1. The first-order valence-corrected chi connectivity index (χ1v) is 5.46. The Hall–Kier alpha value is -2.22. The highest BCUT2D eigenvalue weighted by molar-refractivity contribution is 7.09. The fourth-order valence-electron chi connectivity index (χ4n) is 1.14. The van der Waals surface area contributed by atoms with Gasteiger partial charge in [-0.2, -0.15) is 5.10 Å². The van der Waals surface area contributed by atoms with Gasteiger partial charge < -0.3 is 10.4 Å². The van der Waals surface area contributed by atoms with E-state index in [4.69, 9.17) is 5.11 Å². The van der Waals surface area contributed by atoms with Crippen LogP contribution in [-0.2, 0) is 0 Å². The van der Waals surface area contributed by atoms with Crippen LogP contribution in [0.1, 0.15) is 26.0 Å². The summed E-state index contributed by atoms with van der Waals surface area (Å²) < 4.78 is 0. The molecule has 0 atom stereocenters. The molecule has 0 saturated carbocycles. The van der Waals surface area contributed by atoms with Crippen LogP contribution in [0.5, 0.6) is 0 Å². The van der Waals surface area contributed by atoms with Crippen LogP contribution in [0, 0.1) is 6.92 Å². The van der Waals surface area contributed by atoms with Crippen molar-refractivity contribution in [3.8, 4) is 0 Å². The van der Waals surface area contributed by atoms with Gasteiger partial charge in [0.25, 0.3) is 5.91 Å². The van der Waals surface area contributed by atoms with Gasteiger partial charge in [0.05, 0.1) is 5.01 Å². The summed E-state index contributed by atoms with van der Waals surface area (Å²) in [6.07, 6.45) is 0. The average Bonchev–Trinajstić information content (AvgIpc) is 2.86. The lowest BCUT2D eigenvalue weighted by Crippen LogP contribution is -2.12. The summed E-state index contributed by atoms with van der Waals surface area (Å²) in [6.45, 7) is 1.79. The first-order valence-electron chi connectivity index (χ1n) is 4.58. The van der Waals surface area contributed by atoms with Gasteiger partial charge in [-0.25, -0.2) is 9.78 Å². The third-order valence-electron chi connectivity index (χ3n) is 1.90. The number of aromatic carboxylic acids is 1. The van der Waals surface area contributed by atoms with E-state index in [0.29, 0.717) is 0 Å². The Morgan fingerprint density at radius 3 is 2.82 bits per heavy atom. The topological polar surface area (TPSA) is 108 Å². The number of rotatable bonds is 3. The molecule has 1 amide bonds. The molecule has 0 aliphatic carbocycles. The Labute approximate surface area is 99.5 Å². The lowest BCUT2D eigenvalue weighted by molar-refractivity contribution is 0.0690. The highest BCUT2D eigenvalue weighted by atomic mass is 32.1. The van der Waals surface area contributed by atoms with Crippen LogP contribution in [-0.4, -0.2) is 32.2 Å². The molecule has 0 saturated heterocycles. The highest BCUT2D eigenvalue weighted by Gasteiger charge is 2.13. The summed E-state index contributed by atoms with van der Waals surface area (Å²) in [4.78, 5) is 26.2. The van der Waals surface area contributed by atoms with Crippen LogP contribution in [0.4, 0.5) is 5.82 Å². The summed E-state index contributed by atoms with van der Waals surface area (Å²) in [7, 11) is 0. The first-order chi connectivity index (χ1) is 8.06. The maximum atomic E-state index is 11.6. The largest absolute Gasteiger partial charge is 0.477 e. The molecule has 8 heteroatoms. The van der Waals surface area contributed by atoms with E-state index >= 15 is 0 Å². The van der Waals surface area contributed by atoms with Gasteiger partial charge in [0.15, 0.2) is 5.82 Å². The number of aromatic nitrogens is 3. The molecule has 7 nitrogen and oxygen atoms in total. The zero-order chi connectivity index (χ0) is 12.4. The van der Waals surface area contributed by atoms with Crippen molar-refractivity contribution in [2.24, 2.45) is 0 Å². The number of aromatic amines is 1. The maximum Gasteiger partial charge on any atom is 0.353 e. The van der Waals surface area contributed by atoms with Crippen molar-refractivity contribution in [3.63, 3.8) is 0 Å². The second-order valence-electron chi connectivity index (χ2n) is 3.18. The lowest BCUT2D eigenvalue weighted by Gasteiger charge is -1.96. The molecule has 0 aromatic carbocycles. The number of hydrogen-bond acceptors (Lipinski definition) is 5. The van der Waals surface area contributed by atoms with Crippen molar-refractivity contribution in [3.05, 3.63) is 27.8 Å². The zero-order valence-corrected chi connectivity index (χ0v) is 9.54. The van der Waals surface area contributed by atoms with E-state index in [-0.39, 0.29) is 17.2 Å². The Balaban J connectivity index is 2.10.